The molecule has 1 atom stereocenters. The van der Waals surface area contributed by atoms with Crippen molar-refractivity contribution in [1.29, 1.82) is 0 Å². The summed E-state index contributed by atoms with van der Waals surface area (Å²) in [4.78, 5) is 18.8. The largest absolute Gasteiger partial charge is 0.377 e. The van der Waals surface area contributed by atoms with Crippen LogP contribution in [0, 0.1) is 0 Å². The first-order valence-electron chi connectivity index (χ1n) is 6.50. The van der Waals surface area contributed by atoms with Crippen LogP contribution in [0.3, 0.4) is 0 Å². The van der Waals surface area contributed by atoms with E-state index in [0.29, 0.717) is 25.5 Å². The predicted molar refractivity (Wildman–Crippen MR) is 73.1 cm³/mol. The molecule has 1 unspecified atom stereocenters. The quantitative estimate of drug-likeness (QED) is 0.784. The molecule has 1 saturated heterocycles. The lowest BCUT2D eigenvalue weighted by molar-refractivity contribution is 0.00339. The van der Waals surface area contributed by atoms with E-state index in [0.717, 1.165) is 10.8 Å². The van der Waals surface area contributed by atoms with Crippen LogP contribution in [0.25, 0.3) is 10.8 Å². The van der Waals surface area contributed by atoms with Crippen LogP contribution in [0.5, 0.6) is 0 Å². The highest BCUT2D eigenvalue weighted by Crippen LogP contribution is 2.19. The molecule has 2 aromatic rings. The molecule has 1 aromatic carbocycles. The lowest BCUT2D eigenvalue weighted by Crippen LogP contribution is -2.47. The molecule has 4 heteroatoms. The van der Waals surface area contributed by atoms with Crippen LogP contribution < -0.4 is 0 Å². The molecule has 1 aliphatic rings. The number of pyridine rings is 1. The van der Waals surface area contributed by atoms with Gasteiger partial charge in [0.1, 0.15) is 5.69 Å². The van der Waals surface area contributed by atoms with Crippen LogP contribution >= 0.6 is 0 Å². The van der Waals surface area contributed by atoms with Gasteiger partial charge in [0.15, 0.2) is 0 Å². The molecule has 0 saturated carbocycles. The first-order chi connectivity index (χ1) is 9.27. The first kappa shape index (κ1) is 12.1. The molecule has 2 heterocycles. The summed E-state index contributed by atoms with van der Waals surface area (Å²) in [5, 5.41) is 1.95. The monoisotopic (exact) mass is 256 g/mol. The van der Waals surface area contributed by atoms with Gasteiger partial charge in [0.25, 0.3) is 5.91 Å². The number of ether oxygens (including phenoxy) is 1. The van der Waals surface area contributed by atoms with E-state index in [4.69, 9.17) is 4.74 Å². The number of nitrogens with zero attached hydrogens (tertiary/aromatic N) is 2. The van der Waals surface area contributed by atoms with E-state index >= 15 is 0 Å². The van der Waals surface area contributed by atoms with E-state index in [1.807, 2.05) is 42.2 Å². The minimum Gasteiger partial charge on any atom is -0.377 e. The second kappa shape index (κ2) is 4.97. The highest BCUT2D eigenvalue weighted by Gasteiger charge is 2.26. The Hall–Kier alpha value is -1.94. The maximum atomic E-state index is 12.6. The maximum Gasteiger partial charge on any atom is 0.273 e. The van der Waals surface area contributed by atoms with Crippen molar-refractivity contribution in [1.82, 2.24) is 9.88 Å². The second-order valence-electron chi connectivity index (χ2n) is 4.80. The summed E-state index contributed by atoms with van der Waals surface area (Å²) in [6.07, 6.45) is 1.70. The Bertz CT molecular complexity index is 607. The molecule has 0 aliphatic carbocycles. The third kappa shape index (κ3) is 2.19. The molecule has 19 heavy (non-hydrogen) atoms. The fourth-order valence-corrected chi connectivity index (χ4v) is 2.45. The standard InChI is InChI=1S/C15H16N2O2/c1-11-10-19-9-8-17(11)15(18)14-13-5-3-2-4-12(13)6-7-16-14/h2-7,11H,8-10H2,1H3. The van der Waals surface area contributed by atoms with E-state index in [1.165, 1.54) is 0 Å². The Labute approximate surface area is 112 Å². The van der Waals surface area contributed by atoms with Gasteiger partial charge in [-0.1, -0.05) is 24.3 Å². The van der Waals surface area contributed by atoms with Crippen LogP contribution in [0.2, 0.25) is 0 Å². The average Bonchev–Trinajstić information content (AvgIpc) is 2.46. The van der Waals surface area contributed by atoms with E-state index in [-0.39, 0.29) is 11.9 Å². The molecular weight excluding hydrogens is 240 g/mol. The zero-order chi connectivity index (χ0) is 13.2. The Kier molecular flexibility index (Phi) is 3.17. The minimum atomic E-state index is -0.00685. The number of aromatic nitrogens is 1. The number of carbonyl (C=O) groups excluding carboxylic acids is 1. The van der Waals surface area contributed by atoms with E-state index < -0.39 is 0 Å². The summed E-state index contributed by atoms with van der Waals surface area (Å²) in [7, 11) is 0. The van der Waals surface area contributed by atoms with Gasteiger partial charge < -0.3 is 9.64 Å². The summed E-state index contributed by atoms with van der Waals surface area (Å²) < 4.78 is 5.37. The third-order valence-electron chi connectivity index (χ3n) is 3.50. The van der Waals surface area contributed by atoms with Crippen LogP contribution in [0.4, 0.5) is 0 Å². The molecule has 4 nitrogen and oxygen atoms in total. The van der Waals surface area contributed by atoms with Crippen LogP contribution in [-0.4, -0.2) is 41.6 Å². The van der Waals surface area contributed by atoms with Gasteiger partial charge in [0.2, 0.25) is 0 Å². The van der Waals surface area contributed by atoms with Crippen molar-refractivity contribution < 1.29 is 9.53 Å². The zero-order valence-corrected chi connectivity index (χ0v) is 10.9. The van der Waals surface area contributed by atoms with Crippen molar-refractivity contribution in [3.8, 4) is 0 Å². The molecule has 1 aromatic heterocycles. The Morgan fingerprint density at radius 1 is 1.37 bits per heavy atom. The number of rotatable bonds is 1. The lowest BCUT2D eigenvalue weighted by atomic mass is 10.1. The molecule has 1 aliphatic heterocycles. The smallest absolute Gasteiger partial charge is 0.273 e. The molecule has 0 spiro atoms. The first-order valence-corrected chi connectivity index (χ1v) is 6.50. The van der Waals surface area contributed by atoms with Crippen molar-refractivity contribution in [2.45, 2.75) is 13.0 Å². The molecule has 98 valence electrons. The molecule has 1 amide bonds. The van der Waals surface area contributed by atoms with Crippen LogP contribution in [0.1, 0.15) is 17.4 Å². The average molecular weight is 256 g/mol. The zero-order valence-electron chi connectivity index (χ0n) is 10.9. The lowest BCUT2D eigenvalue weighted by Gasteiger charge is -2.33. The molecule has 0 radical (unpaired) electrons. The van der Waals surface area contributed by atoms with Crippen LogP contribution in [-0.2, 0) is 4.74 Å². The van der Waals surface area contributed by atoms with Gasteiger partial charge >= 0.3 is 0 Å². The second-order valence-corrected chi connectivity index (χ2v) is 4.80. The Balaban J connectivity index is 2.01. The SMILES string of the molecule is CC1COCCN1C(=O)c1nccc2ccccc12. The summed E-state index contributed by atoms with van der Waals surface area (Å²) in [5.74, 6) is -0.00685. The van der Waals surface area contributed by atoms with E-state index in [2.05, 4.69) is 4.98 Å². The van der Waals surface area contributed by atoms with Gasteiger partial charge in [0.05, 0.1) is 19.3 Å². The normalized spacial score (nSPS) is 19.6. The number of amides is 1. The van der Waals surface area contributed by atoms with Gasteiger partial charge in [-0.25, -0.2) is 0 Å². The van der Waals surface area contributed by atoms with Crippen molar-refractivity contribution >= 4 is 16.7 Å². The van der Waals surface area contributed by atoms with Crippen molar-refractivity contribution in [2.75, 3.05) is 19.8 Å². The fourth-order valence-electron chi connectivity index (χ4n) is 2.45. The van der Waals surface area contributed by atoms with E-state index in [9.17, 15) is 4.79 Å². The van der Waals surface area contributed by atoms with Crippen molar-refractivity contribution in [2.24, 2.45) is 0 Å². The van der Waals surface area contributed by atoms with Gasteiger partial charge in [-0.3, -0.25) is 9.78 Å². The van der Waals surface area contributed by atoms with Gasteiger partial charge in [0, 0.05) is 18.1 Å². The van der Waals surface area contributed by atoms with Crippen LogP contribution in [0.15, 0.2) is 36.5 Å². The van der Waals surface area contributed by atoms with Gasteiger partial charge in [-0.05, 0) is 18.4 Å². The van der Waals surface area contributed by atoms with Crippen molar-refractivity contribution in [3.05, 3.63) is 42.2 Å². The number of hydrogen-bond acceptors (Lipinski definition) is 3. The summed E-state index contributed by atoms with van der Waals surface area (Å²) in [6.45, 7) is 3.82. The summed E-state index contributed by atoms with van der Waals surface area (Å²) >= 11 is 0. The topological polar surface area (TPSA) is 42.4 Å². The summed E-state index contributed by atoms with van der Waals surface area (Å²) in [5.41, 5.74) is 0.534. The van der Waals surface area contributed by atoms with E-state index in [1.54, 1.807) is 6.20 Å². The van der Waals surface area contributed by atoms with Crippen molar-refractivity contribution in [3.63, 3.8) is 0 Å². The molecule has 0 N–H and O–H groups in total. The molecule has 0 bridgehead atoms. The number of hydrogen-bond donors (Lipinski definition) is 0. The van der Waals surface area contributed by atoms with Gasteiger partial charge in [-0.15, -0.1) is 0 Å². The number of carbonyl (C=O) groups is 1. The number of fused-ring (bicyclic) bond motifs is 1. The number of benzene rings is 1. The fraction of sp³-hybridized carbons (Fsp3) is 0.333. The predicted octanol–water partition coefficient (Wildman–Crippen LogP) is 2.10. The summed E-state index contributed by atoms with van der Waals surface area (Å²) in [6, 6.07) is 9.87. The highest BCUT2D eigenvalue weighted by molar-refractivity contribution is 6.05. The number of morpholine rings is 1. The van der Waals surface area contributed by atoms with Gasteiger partial charge in [-0.2, -0.15) is 0 Å². The molecule has 1 fully saturated rings. The Morgan fingerprint density at radius 2 is 2.21 bits per heavy atom. The maximum absolute atomic E-state index is 12.6. The Morgan fingerprint density at radius 3 is 3.05 bits per heavy atom. The third-order valence-corrected chi connectivity index (χ3v) is 3.50. The highest BCUT2D eigenvalue weighted by atomic mass is 16.5. The minimum absolute atomic E-state index is 0.00685. The molecule has 3 rings (SSSR count). The molecular formula is C15H16N2O2.